The SMILES string of the molecule is COC(=O)C1=C(C)N(Cc2ccccc2)C2=C3C(=O)CCC[C@@H]3[C@@](O)(C(=O)OC)C(=O)N2C1c1ccccc1. The molecule has 1 amide bonds. The Morgan fingerprint density at radius 1 is 1.00 bits per heavy atom. The Labute approximate surface area is 226 Å². The monoisotopic (exact) mass is 530 g/mol. The summed E-state index contributed by atoms with van der Waals surface area (Å²) >= 11 is 0. The van der Waals surface area contributed by atoms with Gasteiger partial charge in [-0.3, -0.25) is 14.5 Å². The van der Waals surface area contributed by atoms with Crippen molar-refractivity contribution in [2.45, 2.75) is 44.4 Å². The number of aliphatic hydroxyl groups is 1. The van der Waals surface area contributed by atoms with Crippen molar-refractivity contribution in [1.29, 1.82) is 0 Å². The van der Waals surface area contributed by atoms with Gasteiger partial charge in [-0.05, 0) is 30.9 Å². The first-order valence-electron chi connectivity index (χ1n) is 12.8. The summed E-state index contributed by atoms with van der Waals surface area (Å²) in [6.07, 6.45) is 0.865. The highest BCUT2D eigenvalue weighted by atomic mass is 16.5. The van der Waals surface area contributed by atoms with Crippen LogP contribution in [-0.4, -0.2) is 58.4 Å². The first kappa shape index (κ1) is 26.4. The molecule has 3 aliphatic rings. The molecule has 3 atom stereocenters. The van der Waals surface area contributed by atoms with Crippen molar-refractivity contribution in [1.82, 2.24) is 9.80 Å². The molecule has 9 heteroatoms. The van der Waals surface area contributed by atoms with E-state index >= 15 is 0 Å². The number of benzene rings is 2. The number of methoxy groups -OCH3 is 2. The Balaban J connectivity index is 1.87. The van der Waals surface area contributed by atoms with E-state index < -0.39 is 35.4 Å². The molecule has 0 saturated heterocycles. The predicted molar refractivity (Wildman–Crippen MR) is 139 cm³/mol. The zero-order chi connectivity index (χ0) is 27.9. The number of ether oxygens (including phenoxy) is 2. The average molecular weight is 531 g/mol. The predicted octanol–water partition coefficient (Wildman–Crippen LogP) is 3.02. The second-order valence-corrected chi connectivity index (χ2v) is 9.91. The van der Waals surface area contributed by atoms with E-state index in [1.54, 1.807) is 42.2 Å². The van der Waals surface area contributed by atoms with E-state index in [1.165, 1.54) is 12.0 Å². The molecule has 39 heavy (non-hydrogen) atoms. The molecular formula is C30H30N2O7. The number of rotatable bonds is 5. The molecule has 1 N–H and O–H groups in total. The van der Waals surface area contributed by atoms with Gasteiger partial charge in [0.1, 0.15) is 5.82 Å². The summed E-state index contributed by atoms with van der Waals surface area (Å²) in [7, 11) is 2.34. The maximum absolute atomic E-state index is 14.4. The molecule has 1 fully saturated rings. The number of ketones is 1. The van der Waals surface area contributed by atoms with Crippen LogP contribution in [0.25, 0.3) is 0 Å². The highest BCUT2D eigenvalue weighted by molar-refractivity contribution is 6.13. The Bertz CT molecular complexity index is 1400. The van der Waals surface area contributed by atoms with E-state index in [9.17, 15) is 24.3 Å². The van der Waals surface area contributed by atoms with Crippen molar-refractivity contribution in [3.8, 4) is 0 Å². The lowest BCUT2D eigenvalue weighted by Crippen LogP contribution is -2.66. The molecule has 5 rings (SSSR count). The van der Waals surface area contributed by atoms with E-state index in [4.69, 9.17) is 9.47 Å². The second-order valence-electron chi connectivity index (χ2n) is 9.91. The van der Waals surface area contributed by atoms with Crippen LogP contribution in [0.15, 0.2) is 83.3 Å². The number of amides is 1. The highest BCUT2D eigenvalue weighted by Gasteiger charge is 2.64. The normalized spacial score (nSPS) is 24.8. The van der Waals surface area contributed by atoms with Gasteiger partial charge < -0.3 is 19.5 Å². The smallest absolute Gasteiger partial charge is 0.348 e. The van der Waals surface area contributed by atoms with E-state index in [0.717, 1.165) is 12.7 Å². The van der Waals surface area contributed by atoms with Crippen molar-refractivity contribution in [2.24, 2.45) is 5.92 Å². The second kappa shape index (κ2) is 10.1. The van der Waals surface area contributed by atoms with E-state index in [1.807, 2.05) is 30.3 Å². The van der Waals surface area contributed by atoms with Gasteiger partial charge in [0.2, 0.25) is 5.60 Å². The number of nitrogens with zero attached hydrogens (tertiary/aromatic N) is 2. The third-order valence-electron chi connectivity index (χ3n) is 7.85. The van der Waals surface area contributed by atoms with Gasteiger partial charge in [-0.1, -0.05) is 60.7 Å². The molecule has 9 nitrogen and oxygen atoms in total. The Morgan fingerprint density at radius 2 is 1.64 bits per heavy atom. The summed E-state index contributed by atoms with van der Waals surface area (Å²) in [6, 6.07) is 17.2. The van der Waals surface area contributed by atoms with Gasteiger partial charge in [-0.25, -0.2) is 9.59 Å². The summed E-state index contributed by atoms with van der Waals surface area (Å²) < 4.78 is 10.1. The zero-order valence-corrected chi connectivity index (χ0v) is 22.0. The number of hydrogen-bond acceptors (Lipinski definition) is 8. The summed E-state index contributed by atoms with van der Waals surface area (Å²) in [5.41, 5.74) is -0.362. The van der Waals surface area contributed by atoms with Crippen molar-refractivity contribution in [2.75, 3.05) is 14.2 Å². The molecule has 1 aliphatic carbocycles. The van der Waals surface area contributed by atoms with E-state index in [-0.39, 0.29) is 42.1 Å². The fourth-order valence-corrected chi connectivity index (χ4v) is 6.01. The summed E-state index contributed by atoms with van der Waals surface area (Å²) in [4.78, 5) is 57.5. The molecule has 0 bridgehead atoms. The largest absolute Gasteiger partial charge is 0.466 e. The van der Waals surface area contributed by atoms with Crippen molar-refractivity contribution in [3.05, 3.63) is 94.5 Å². The minimum absolute atomic E-state index is 0.159. The van der Waals surface area contributed by atoms with Crippen LogP contribution in [0.2, 0.25) is 0 Å². The minimum atomic E-state index is -2.64. The van der Waals surface area contributed by atoms with Crippen molar-refractivity contribution < 1.29 is 33.8 Å². The minimum Gasteiger partial charge on any atom is -0.466 e. The summed E-state index contributed by atoms with van der Waals surface area (Å²) in [5, 5.41) is 11.8. The van der Waals surface area contributed by atoms with Gasteiger partial charge in [0.05, 0.1) is 25.8 Å². The number of fused-ring (bicyclic) bond motifs is 2. The molecule has 0 spiro atoms. The van der Waals surface area contributed by atoms with Crippen molar-refractivity contribution >= 4 is 23.6 Å². The fourth-order valence-electron chi connectivity index (χ4n) is 6.01. The Hall–Kier alpha value is -4.24. The molecule has 0 radical (unpaired) electrons. The molecule has 1 unspecified atom stereocenters. The standard InChI is InChI=1S/C30H30N2O7/c1-18-23(27(34)38-2)25(20-13-8-5-9-14-20)32-26(31(18)17-19-11-6-4-7-12-19)24-21(15-10-16-22(24)33)30(37,28(32)35)29(36)39-3/h4-9,11-14,21,25,37H,10,15-17H2,1-3H3/t21-,25?,30-/m0/s1. The maximum atomic E-state index is 14.4. The number of allylic oxidation sites excluding steroid dienone is 1. The Kier molecular flexibility index (Phi) is 6.86. The lowest BCUT2D eigenvalue weighted by atomic mass is 9.68. The van der Waals surface area contributed by atoms with Gasteiger partial charge in [-0.15, -0.1) is 0 Å². The van der Waals surface area contributed by atoms with Crippen LogP contribution >= 0.6 is 0 Å². The molecule has 2 aromatic rings. The lowest BCUT2D eigenvalue weighted by molar-refractivity contribution is -0.184. The Morgan fingerprint density at radius 3 is 2.26 bits per heavy atom. The molecule has 2 heterocycles. The van der Waals surface area contributed by atoms with Crippen LogP contribution in [0, 0.1) is 5.92 Å². The number of esters is 2. The third-order valence-corrected chi connectivity index (χ3v) is 7.85. The zero-order valence-electron chi connectivity index (χ0n) is 22.0. The van der Waals surface area contributed by atoms with E-state index in [0.29, 0.717) is 17.7 Å². The number of carbonyl (C=O) groups is 4. The quantitative estimate of drug-likeness (QED) is 0.464. The third kappa shape index (κ3) is 4.04. The van der Waals surface area contributed by atoms with Gasteiger partial charge in [-0.2, -0.15) is 0 Å². The van der Waals surface area contributed by atoms with Gasteiger partial charge in [0, 0.05) is 30.2 Å². The van der Waals surface area contributed by atoms with Crippen LogP contribution in [-0.2, 0) is 35.2 Å². The molecule has 0 aromatic heterocycles. The summed E-state index contributed by atoms with van der Waals surface area (Å²) in [6.45, 7) is 1.98. The summed E-state index contributed by atoms with van der Waals surface area (Å²) in [5.74, 6) is -3.85. The van der Waals surface area contributed by atoms with Crippen LogP contribution in [0.3, 0.4) is 0 Å². The molecule has 2 aliphatic heterocycles. The average Bonchev–Trinajstić information content (AvgIpc) is 2.96. The van der Waals surface area contributed by atoms with Crippen molar-refractivity contribution in [3.63, 3.8) is 0 Å². The van der Waals surface area contributed by atoms with Crippen LogP contribution in [0.4, 0.5) is 0 Å². The van der Waals surface area contributed by atoms with Crippen LogP contribution < -0.4 is 0 Å². The fraction of sp³-hybridized carbons (Fsp3) is 0.333. The van der Waals surface area contributed by atoms with E-state index in [2.05, 4.69) is 0 Å². The number of Topliss-reactive ketones (excluding diaryl/α,β-unsaturated/α-hetero) is 1. The van der Waals surface area contributed by atoms with Gasteiger partial charge in [0.15, 0.2) is 5.78 Å². The maximum Gasteiger partial charge on any atom is 0.348 e. The van der Waals surface area contributed by atoms with Gasteiger partial charge >= 0.3 is 11.9 Å². The first-order valence-corrected chi connectivity index (χ1v) is 12.8. The van der Waals surface area contributed by atoms with Gasteiger partial charge in [0.25, 0.3) is 5.91 Å². The van der Waals surface area contributed by atoms with Crippen LogP contribution in [0.5, 0.6) is 0 Å². The molecular weight excluding hydrogens is 500 g/mol. The molecule has 2 aromatic carbocycles. The van der Waals surface area contributed by atoms with Crippen LogP contribution in [0.1, 0.15) is 43.4 Å². The molecule has 1 saturated carbocycles. The number of hydrogen-bond donors (Lipinski definition) is 1. The topological polar surface area (TPSA) is 113 Å². The lowest BCUT2D eigenvalue weighted by Gasteiger charge is -2.53. The number of carbonyl (C=O) groups excluding carboxylic acids is 4. The highest BCUT2D eigenvalue weighted by Crippen LogP contribution is 2.52. The molecule has 202 valence electrons. The first-order chi connectivity index (χ1) is 18.7.